The summed E-state index contributed by atoms with van der Waals surface area (Å²) in [6, 6.07) is 32.5. The molecule has 46 heavy (non-hydrogen) atoms. The fourth-order valence-electron chi connectivity index (χ4n) is 5.50. The second-order valence-electron chi connectivity index (χ2n) is 11.0. The van der Waals surface area contributed by atoms with Gasteiger partial charge in [0.2, 0.25) is 5.90 Å². The number of aliphatic imine (C=N–C) groups is 1. The average molecular weight is 683 g/mol. The summed E-state index contributed by atoms with van der Waals surface area (Å²) in [6.07, 6.45) is 2.51. The number of benzene rings is 4. The number of unbranched alkanes of at least 4 members (excludes halogenated alkanes) is 1. The third kappa shape index (κ3) is 7.95. The molecule has 0 bridgehead atoms. The van der Waals surface area contributed by atoms with Crippen LogP contribution in [0.15, 0.2) is 118 Å². The Kier molecular flexibility index (Phi) is 11.5. The van der Waals surface area contributed by atoms with Crippen LogP contribution < -0.4 is 10.1 Å². The zero-order valence-corrected chi connectivity index (χ0v) is 27.0. The van der Waals surface area contributed by atoms with Gasteiger partial charge in [0.15, 0.2) is 11.6 Å². The molecule has 0 saturated heterocycles. The molecule has 2 N–H and O–H groups in total. The van der Waals surface area contributed by atoms with Gasteiger partial charge in [0, 0.05) is 52.2 Å². The van der Waals surface area contributed by atoms with Gasteiger partial charge in [-0.25, -0.2) is 4.99 Å². The average Bonchev–Trinajstić information content (AvgIpc) is 3.47. The number of hydrogen-bond acceptors (Lipinski definition) is 6. The van der Waals surface area contributed by atoms with Gasteiger partial charge in [-0.05, 0) is 66.3 Å². The first-order valence-corrected chi connectivity index (χ1v) is 16.1. The number of halogens is 1. The van der Waals surface area contributed by atoms with Gasteiger partial charge < -0.3 is 19.9 Å². The molecule has 1 aliphatic heterocycles. The van der Waals surface area contributed by atoms with Gasteiger partial charge >= 0.3 is 0 Å². The summed E-state index contributed by atoms with van der Waals surface area (Å²) in [6.45, 7) is 0.925. The smallest absolute Gasteiger partial charge is 0.252 e. The van der Waals surface area contributed by atoms with E-state index < -0.39 is 11.6 Å². The molecule has 5 rings (SSSR count). The highest BCUT2D eigenvalue weighted by atomic mass is 79.9. The fraction of sp³-hybridized carbons (Fsp3) is 0.278. The molecular weight excluding hydrogens is 646 g/mol. The quantitative estimate of drug-likeness (QED) is 0.0574. The van der Waals surface area contributed by atoms with E-state index >= 15 is 0 Å². The predicted molar refractivity (Wildman–Crippen MR) is 182 cm³/mol. The molecule has 2 atom stereocenters. The van der Waals surface area contributed by atoms with Crippen molar-refractivity contribution in [3.63, 3.8) is 0 Å². The Labute approximate surface area is 277 Å². The standard InChI is InChI=1S/C36H36BrN5O4/c37-31-16-6-5-15-30(31)33-36(25-28-14-4-7-17-32(28)41-42-38,35(44)39-22-9-8-13-26-11-2-1-3-12-26)40-34(46-33)27-18-20-29(21-19-27)45-24-10-23-43/h1-7,11-12,14-21,33,43H,8-10,13,22-25H2,(H,39,44)/t33-,36-/m1/s1. The number of nitrogens with zero attached hydrogens (tertiary/aromatic N) is 4. The third-order valence-corrected chi connectivity index (χ3v) is 8.56. The Balaban J connectivity index is 1.50. The van der Waals surface area contributed by atoms with Gasteiger partial charge in [-0.15, -0.1) is 0 Å². The van der Waals surface area contributed by atoms with Gasteiger partial charge in [0.05, 0.1) is 6.61 Å². The number of aryl methyl sites for hydroxylation is 1. The summed E-state index contributed by atoms with van der Waals surface area (Å²) < 4.78 is 13.1. The van der Waals surface area contributed by atoms with E-state index in [1.165, 1.54) is 5.56 Å². The van der Waals surface area contributed by atoms with Crippen LogP contribution in [0.4, 0.5) is 5.69 Å². The van der Waals surface area contributed by atoms with Gasteiger partial charge in [-0.2, -0.15) is 0 Å². The lowest BCUT2D eigenvalue weighted by Crippen LogP contribution is -2.50. The van der Waals surface area contributed by atoms with E-state index in [9.17, 15) is 10.3 Å². The highest BCUT2D eigenvalue weighted by Crippen LogP contribution is 2.45. The number of hydrogen-bond donors (Lipinski definition) is 2. The van der Waals surface area contributed by atoms with E-state index in [1.54, 1.807) is 12.1 Å². The summed E-state index contributed by atoms with van der Waals surface area (Å²) in [5.41, 5.74) is 11.7. The largest absolute Gasteiger partial charge is 0.494 e. The Morgan fingerprint density at radius 2 is 1.72 bits per heavy atom. The summed E-state index contributed by atoms with van der Waals surface area (Å²) in [7, 11) is 0. The van der Waals surface area contributed by atoms with Gasteiger partial charge in [0.25, 0.3) is 5.91 Å². The van der Waals surface area contributed by atoms with Gasteiger partial charge in [-0.1, -0.05) is 93.8 Å². The molecule has 1 amide bonds. The van der Waals surface area contributed by atoms with Crippen LogP contribution >= 0.6 is 15.9 Å². The maximum Gasteiger partial charge on any atom is 0.252 e. The molecule has 0 aromatic heterocycles. The van der Waals surface area contributed by atoms with Gasteiger partial charge in [-0.3, -0.25) is 4.79 Å². The topological polar surface area (TPSA) is 129 Å². The first-order valence-electron chi connectivity index (χ1n) is 15.3. The third-order valence-electron chi connectivity index (χ3n) is 7.84. The van der Waals surface area contributed by atoms with Crippen LogP contribution in [0.5, 0.6) is 5.75 Å². The van der Waals surface area contributed by atoms with Crippen LogP contribution in [0.2, 0.25) is 0 Å². The molecule has 4 aromatic rings. The van der Waals surface area contributed by atoms with E-state index in [-0.39, 0.29) is 18.9 Å². The lowest BCUT2D eigenvalue weighted by Gasteiger charge is -2.31. The highest BCUT2D eigenvalue weighted by Gasteiger charge is 2.54. The summed E-state index contributed by atoms with van der Waals surface area (Å²) in [5.74, 6) is 0.701. The van der Waals surface area contributed by atoms with Crippen molar-refractivity contribution in [2.45, 2.75) is 43.7 Å². The number of amides is 1. The van der Waals surface area contributed by atoms with Crippen LogP contribution in [0.3, 0.4) is 0 Å². The fourth-order valence-corrected chi connectivity index (χ4v) is 5.99. The van der Waals surface area contributed by atoms with Crippen molar-refractivity contribution in [1.82, 2.24) is 5.32 Å². The van der Waals surface area contributed by atoms with E-state index in [1.807, 2.05) is 78.9 Å². The van der Waals surface area contributed by atoms with Crippen molar-refractivity contribution in [3.8, 4) is 5.75 Å². The zero-order chi connectivity index (χ0) is 32.2. The van der Waals surface area contributed by atoms with E-state index in [0.29, 0.717) is 48.0 Å². The Bertz CT molecular complexity index is 1690. The summed E-state index contributed by atoms with van der Waals surface area (Å²) in [5, 5.41) is 16.1. The molecule has 0 unspecified atom stereocenters. The van der Waals surface area contributed by atoms with Gasteiger partial charge in [0.1, 0.15) is 5.75 Å². The number of aliphatic hydroxyl groups is 1. The highest BCUT2D eigenvalue weighted by molar-refractivity contribution is 9.10. The first-order chi connectivity index (χ1) is 22.5. The Morgan fingerprint density at radius 3 is 2.48 bits per heavy atom. The molecule has 0 saturated carbocycles. The van der Waals surface area contributed by atoms with Crippen molar-refractivity contribution in [2.75, 3.05) is 19.8 Å². The van der Waals surface area contributed by atoms with E-state index in [0.717, 1.165) is 29.3 Å². The number of azide groups is 1. The van der Waals surface area contributed by atoms with Crippen molar-refractivity contribution in [1.29, 1.82) is 0 Å². The van der Waals surface area contributed by atoms with Crippen LogP contribution in [0.1, 0.15) is 47.6 Å². The molecule has 10 heteroatoms. The molecule has 0 radical (unpaired) electrons. The van der Waals surface area contributed by atoms with Crippen LogP contribution in [0, 0.1) is 0 Å². The number of rotatable bonds is 15. The molecule has 0 aliphatic carbocycles. The molecule has 1 heterocycles. The first kappa shape index (κ1) is 32.8. The predicted octanol–water partition coefficient (Wildman–Crippen LogP) is 7.79. The Hall–Kier alpha value is -4.63. The van der Waals surface area contributed by atoms with Crippen LogP contribution in [-0.4, -0.2) is 42.2 Å². The van der Waals surface area contributed by atoms with Crippen molar-refractivity contribution in [3.05, 3.63) is 140 Å². The molecule has 4 aromatic carbocycles. The van der Waals surface area contributed by atoms with Crippen molar-refractivity contribution < 1.29 is 19.4 Å². The number of carbonyl (C=O) groups is 1. The lowest BCUT2D eigenvalue weighted by atomic mass is 9.81. The molecule has 1 aliphatic rings. The summed E-state index contributed by atoms with van der Waals surface area (Å²) in [4.78, 5) is 22.6. The zero-order valence-electron chi connectivity index (χ0n) is 25.4. The van der Waals surface area contributed by atoms with Crippen molar-refractivity contribution in [2.24, 2.45) is 10.1 Å². The number of aliphatic hydroxyl groups excluding tert-OH is 1. The van der Waals surface area contributed by atoms with Crippen LogP contribution in [0.25, 0.3) is 10.4 Å². The number of ether oxygens (including phenoxy) is 2. The van der Waals surface area contributed by atoms with Crippen LogP contribution in [-0.2, 0) is 22.4 Å². The van der Waals surface area contributed by atoms with Crippen molar-refractivity contribution >= 4 is 33.4 Å². The second-order valence-corrected chi connectivity index (χ2v) is 11.9. The molecular formula is C36H36BrN5O4. The maximum absolute atomic E-state index is 14.5. The molecule has 236 valence electrons. The second kappa shape index (κ2) is 16.1. The monoisotopic (exact) mass is 681 g/mol. The molecule has 0 fully saturated rings. The van der Waals surface area contributed by atoms with E-state index in [4.69, 9.17) is 19.6 Å². The molecule has 9 nitrogen and oxygen atoms in total. The minimum atomic E-state index is -1.42. The Morgan fingerprint density at radius 1 is 0.978 bits per heavy atom. The molecule has 0 spiro atoms. The lowest BCUT2D eigenvalue weighted by molar-refractivity contribution is -0.128. The van der Waals surface area contributed by atoms with E-state index in [2.05, 4.69) is 43.4 Å². The number of carbonyl (C=O) groups excluding carboxylic acids is 1. The minimum Gasteiger partial charge on any atom is -0.494 e. The number of nitrogens with one attached hydrogen (secondary N) is 1. The maximum atomic E-state index is 14.5. The summed E-state index contributed by atoms with van der Waals surface area (Å²) >= 11 is 3.68. The normalized spacial score (nSPS) is 17.0. The SMILES string of the molecule is [N-]=[N+]=Nc1ccccc1C[C@@]1(C(=O)NCCCCc2ccccc2)N=C(c2ccc(OCCCO)cc2)O[C@@H]1c1ccccc1Br. The minimum absolute atomic E-state index is 0.0547.